The van der Waals surface area contributed by atoms with E-state index in [2.05, 4.69) is 0 Å². The van der Waals surface area contributed by atoms with Gasteiger partial charge >= 0.3 is 6.18 Å². The number of benzene rings is 1. The van der Waals surface area contributed by atoms with Crippen LogP contribution in [0.1, 0.15) is 15.9 Å². The summed E-state index contributed by atoms with van der Waals surface area (Å²) in [6, 6.07) is 3.20. The Kier molecular flexibility index (Phi) is 3.97. The van der Waals surface area contributed by atoms with E-state index in [4.69, 9.17) is 4.55 Å². The van der Waals surface area contributed by atoms with Gasteiger partial charge in [-0.25, -0.2) is 0 Å². The Morgan fingerprint density at radius 1 is 1.22 bits per heavy atom. The summed E-state index contributed by atoms with van der Waals surface area (Å²) < 4.78 is 65.7. The lowest BCUT2D eigenvalue weighted by Gasteiger charge is -2.07. The summed E-state index contributed by atoms with van der Waals surface area (Å²) in [5, 5.41) is 1.84. The van der Waals surface area contributed by atoms with E-state index in [1.807, 2.05) is 5.32 Å². The van der Waals surface area contributed by atoms with E-state index in [0.717, 1.165) is 12.1 Å². The van der Waals surface area contributed by atoms with Gasteiger partial charge in [0.1, 0.15) is 5.88 Å². The molecule has 0 aromatic heterocycles. The van der Waals surface area contributed by atoms with Crippen molar-refractivity contribution in [3.8, 4) is 0 Å². The Morgan fingerprint density at radius 3 is 2.11 bits per heavy atom. The molecule has 100 valence electrons. The first kappa shape index (κ1) is 14.5. The molecule has 0 heterocycles. The fourth-order valence-electron chi connectivity index (χ4n) is 1.07. The van der Waals surface area contributed by atoms with E-state index in [-0.39, 0.29) is 5.56 Å². The molecular weight excluding hydrogens is 275 g/mol. The number of rotatable bonds is 3. The highest BCUT2D eigenvalue weighted by atomic mass is 32.2. The summed E-state index contributed by atoms with van der Waals surface area (Å²) in [5.41, 5.74) is -1.07. The first-order valence-electron chi connectivity index (χ1n) is 4.50. The minimum atomic E-state index is -4.51. The predicted molar refractivity (Wildman–Crippen MR) is 55.3 cm³/mol. The molecule has 0 saturated carbocycles. The first-order valence-corrected chi connectivity index (χ1v) is 6.11. The molecule has 0 bridgehead atoms. The topological polar surface area (TPSA) is 83.5 Å². The Balaban J connectivity index is 2.77. The summed E-state index contributed by atoms with van der Waals surface area (Å²) in [7, 11) is -4.37. The van der Waals surface area contributed by atoms with Gasteiger partial charge in [-0.2, -0.15) is 21.6 Å². The Bertz CT molecular complexity index is 536. The SMILES string of the molecule is O=C(NCS(=O)(=O)O)c1ccc(C(F)(F)F)cc1. The lowest BCUT2D eigenvalue weighted by molar-refractivity contribution is -0.137. The predicted octanol–water partition coefficient (Wildman–Crippen LogP) is 1.28. The van der Waals surface area contributed by atoms with Crippen LogP contribution in [0.3, 0.4) is 0 Å². The number of amides is 1. The van der Waals surface area contributed by atoms with Gasteiger partial charge in [-0.15, -0.1) is 0 Å². The molecule has 18 heavy (non-hydrogen) atoms. The zero-order valence-corrected chi connectivity index (χ0v) is 9.55. The van der Waals surface area contributed by atoms with Crippen LogP contribution < -0.4 is 5.32 Å². The monoisotopic (exact) mass is 283 g/mol. The number of carbonyl (C=O) groups excluding carboxylic acids is 1. The zero-order valence-electron chi connectivity index (χ0n) is 8.73. The highest BCUT2D eigenvalue weighted by molar-refractivity contribution is 7.85. The molecule has 0 fully saturated rings. The summed E-state index contributed by atoms with van der Waals surface area (Å²) in [6.45, 7) is 0. The van der Waals surface area contributed by atoms with Gasteiger partial charge in [0, 0.05) is 5.56 Å². The minimum Gasteiger partial charge on any atom is -0.336 e. The van der Waals surface area contributed by atoms with E-state index in [9.17, 15) is 26.4 Å². The normalized spacial score (nSPS) is 12.2. The lowest BCUT2D eigenvalue weighted by atomic mass is 10.1. The van der Waals surface area contributed by atoms with Crippen molar-refractivity contribution >= 4 is 16.0 Å². The van der Waals surface area contributed by atoms with Crippen molar-refractivity contribution in [3.05, 3.63) is 35.4 Å². The maximum atomic E-state index is 12.2. The smallest absolute Gasteiger partial charge is 0.336 e. The number of halogens is 3. The van der Waals surface area contributed by atoms with Crippen molar-refractivity contribution in [2.45, 2.75) is 6.18 Å². The molecule has 1 aromatic rings. The van der Waals surface area contributed by atoms with Crippen LogP contribution in [0, 0.1) is 0 Å². The van der Waals surface area contributed by atoms with E-state index in [1.165, 1.54) is 0 Å². The lowest BCUT2D eigenvalue weighted by Crippen LogP contribution is -2.29. The average molecular weight is 283 g/mol. The Labute approximate surface area is 100 Å². The highest BCUT2D eigenvalue weighted by Gasteiger charge is 2.30. The fraction of sp³-hybridized carbons (Fsp3) is 0.222. The van der Waals surface area contributed by atoms with Crippen LogP contribution >= 0.6 is 0 Å². The van der Waals surface area contributed by atoms with E-state index in [1.54, 1.807) is 0 Å². The molecule has 5 nitrogen and oxygen atoms in total. The van der Waals surface area contributed by atoms with Gasteiger partial charge in [0.25, 0.3) is 16.0 Å². The van der Waals surface area contributed by atoms with Gasteiger partial charge in [0.05, 0.1) is 5.56 Å². The van der Waals surface area contributed by atoms with Gasteiger partial charge in [-0.1, -0.05) is 0 Å². The molecule has 0 saturated heterocycles. The summed E-state index contributed by atoms with van der Waals surface area (Å²) in [6.07, 6.45) is -4.51. The van der Waals surface area contributed by atoms with E-state index in [0.29, 0.717) is 12.1 Å². The van der Waals surface area contributed by atoms with Crippen molar-refractivity contribution < 1.29 is 30.9 Å². The van der Waals surface area contributed by atoms with E-state index >= 15 is 0 Å². The van der Waals surface area contributed by atoms with Crippen molar-refractivity contribution in [1.29, 1.82) is 0 Å². The number of hydrogen-bond acceptors (Lipinski definition) is 3. The number of alkyl halides is 3. The van der Waals surface area contributed by atoms with Crippen LogP contribution in [-0.2, 0) is 16.3 Å². The highest BCUT2D eigenvalue weighted by Crippen LogP contribution is 2.28. The third kappa shape index (κ3) is 4.34. The molecule has 1 amide bonds. The van der Waals surface area contributed by atoms with Crippen LogP contribution in [-0.4, -0.2) is 24.8 Å². The third-order valence-corrected chi connectivity index (χ3v) is 2.40. The average Bonchev–Trinajstić information content (AvgIpc) is 2.24. The van der Waals surface area contributed by atoms with E-state index < -0.39 is 33.6 Å². The molecular formula is C9H8F3NO4S. The summed E-state index contributed by atoms with van der Waals surface area (Å²) in [5.74, 6) is -1.91. The zero-order chi connectivity index (χ0) is 14.0. The molecule has 0 aliphatic carbocycles. The van der Waals surface area contributed by atoms with Gasteiger partial charge < -0.3 is 5.32 Å². The molecule has 0 aliphatic rings. The quantitative estimate of drug-likeness (QED) is 0.818. The summed E-state index contributed by atoms with van der Waals surface area (Å²) in [4.78, 5) is 11.3. The van der Waals surface area contributed by atoms with Crippen LogP contribution in [0.5, 0.6) is 0 Å². The maximum absolute atomic E-state index is 12.2. The largest absolute Gasteiger partial charge is 0.416 e. The van der Waals surface area contributed by atoms with Crippen molar-refractivity contribution in [1.82, 2.24) is 5.32 Å². The molecule has 1 aromatic carbocycles. The Morgan fingerprint density at radius 2 is 1.72 bits per heavy atom. The molecule has 2 N–H and O–H groups in total. The second kappa shape index (κ2) is 4.94. The first-order chi connectivity index (χ1) is 8.09. The Hall–Kier alpha value is -1.61. The second-order valence-electron chi connectivity index (χ2n) is 3.31. The van der Waals surface area contributed by atoms with Crippen LogP contribution in [0.25, 0.3) is 0 Å². The number of hydrogen-bond donors (Lipinski definition) is 2. The second-order valence-corrected chi connectivity index (χ2v) is 4.76. The van der Waals surface area contributed by atoms with Gasteiger partial charge in [-0.3, -0.25) is 9.35 Å². The van der Waals surface area contributed by atoms with Gasteiger partial charge in [-0.05, 0) is 24.3 Å². The van der Waals surface area contributed by atoms with Gasteiger partial charge in [0.2, 0.25) is 0 Å². The molecule has 0 spiro atoms. The van der Waals surface area contributed by atoms with Crippen LogP contribution in [0.4, 0.5) is 13.2 Å². The molecule has 0 unspecified atom stereocenters. The molecule has 9 heteroatoms. The van der Waals surface area contributed by atoms with Crippen LogP contribution in [0.2, 0.25) is 0 Å². The summed E-state index contributed by atoms with van der Waals surface area (Å²) >= 11 is 0. The molecule has 0 aliphatic heterocycles. The molecule has 1 rings (SSSR count). The van der Waals surface area contributed by atoms with Crippen molar-refractivity contribution in [2.75, 3.05) is 5.88 Å². The van der Waals surface area contributed by atoms with Crippen molar-refractivity contribution in [2.24, 2.45) is 0 Å². The minimum absolute atomic E-state index is 0.147. The third-order valence-electron chi connectivity index (χ3n) is 1.89. The maximum Gasteiger partial charge on any atom is 0.416 e. The van der Waals surface area contributed by atoms with Gasteiger partial charge in [0.15, 0.2) is 0 Å². The van der Waals surface area contributed by atoms with Crippen LogP contribution in [0.15, 0.2) is 24.3 Å². The molecule has 0 atom stereocenters. The van der Waals surface area contributed by atoms with Crippen molar-refractivity contribution in [3.63, 3.8) is 0 Å². The standard InChI is InChI=1S/C9H8F3NO4S/c10-9(11,12)7-3-1-6(2-4-7)8(14)13-5-18(15,16)17/h1-4H,5H2,(H,13,14)(H,15,16,17). The number of nitrogens with one attached hydrogen (secondary N) is 1. The fourth-order valence-corrected chi connectivity index (χ4v) is 1.38. The molecule has 0 radical (unpaired) electrons. The number of carbonyl (C=O) groups is 1.